The molecule has 0 spiro atoms. The second-order valence-electron chi connectivity index (χ2n) is 8.43. The highest BCUT2D eigenvalue weighted by Gasteiger charge is 2.29. The van der Waals surface area contributed by atoms with Gasteiger partial charge in [-0.2, -0.15) is 8.78 Å². The number of anilines is 3. The average molecular weight is 469 g/mol. The third-order valence-electron chi connectivity index (χ3n) is 5.27. The summed E-state index contributed by atoms with van der Waals surface area (Å²) in [5, 5.41) is 5.66. The zero-order chi connectivity index (χ0) is 24.3. The minimum absolute atomic E-state index is 0.177. The highest BCUT2D eigenvalue weighted by atomic mass is 19.3. The van der Waals surface area contributed by atoms with Crippen molar-refractivity contribution in [3.05, 3.63) is 47.8 Å². The van der Waals surface area contributed by atoms with Gasteiger partial charge in [-0.1, -0.05) is 0 Å². The molecule has 0 aromatic carbocycles. The summed E-state index contributed by atoms with van der Waals surface area (Å²) in [5.41, 5.74) is 2.37. The van der Waals surface area contributed by atoms with Gasteiger partial charge in [-0.15, -0.1) is 0 Å². The number of hydrogen-bond acceptors (Lipinski definition) is 8. The Morgan fingerprint density at radius 3 is 2.41 bits per heavy atom. The van der Waals surface area contributed by atoms with Crippen LogP contribution in [0.3, 0.4) is 0 Å². The minimum Gasteiger partial charge on any atom is -0.339 e. The lowest BCUT2D eigenvalue weighted by Crippen LogP contribution is -2.18. The minimum atomic E-state index is -3.20. The lowest BCUT2D eigenvalue weighted by Gasteiger charge is -2.16. The van der Waals surface area contributed by atoms with Gasteiger partial charge in [0.15, 0.2) is 5.82 Å². The largest absolute Gasteiger partial charge is 0.339 e. The van der Waals surface area contributed by atoms with E-state index in [2.05, 4.69) is 40.5 Å². The molecular formula is C23H26F2N8O. The molecule has 0 aliphatic carbocycles. The summed E-state index contributed by atoms with van der Waals surface area (Å²) in [6.45, 7) is 6.66. The van der Waals surface area contributed by atoms with Crippen LogP contribution < -0.4 is 10.6 Å². The Morgan fingerprint density at radius 2 is 1.76 bits per heavy atom. The zero-order valence-electron chi connectivity index (χ0n) is 19.3. The van der Waals surface area contributed by atoms with Gasteiger partial charge in [-0.25, -0.2) is 24.9 Å². The number of halogens is 2. The first-order valence-corrected chi connectivity index (χ1v) is 11.0. The van der Waals surface area contributed by atoms with E-state index < -0.39 is 11.7 Å². The summed E-state index contributed by atoms with van der Waals surface area (Å²) < 4.78 is 27.7. The van der Waals surface area contributed by atoms with Gasteiger partial charge in [-0.05, 0) is 32.9 Å². The zero-order valence-corrected chi connectivity index (χ0v) is 19.3. The lowest BCUT2D eigenvalue weighted by molar-refractivity contribution is -0.114. The van der Waals surface area contributed by atoms with E-state index >= 15 is 0 Å². The molecule has 0 unspecified atom stereocenters. The van der Waals surface area contributed by atoms with Gasteiger partial charge in [0.1, 0.15) is 11.6 Å². The number of nitrogens with one attached hydrogen (secondary N) is 2. The van der Waals surface area contributed by atoms with Crippen LogP contribution in [0.2, 0.25) is 0 Å². The Hall–Kier alpha value is -3.60. The van der Waals surface area contributed by atoms with Crippen LogP contribution in [0.5, 0.6) is 0 Å². The van der Waals surface area contributed by atoms with Crippen LogP contribution in [0.25, 0.3) is 11.4 Å². The van der Waals surface area contributed by atoms with Crippen molar-refractivity contribution in [1.82, 2.24) is 29.8 Å². The number of aromatic nitrogens is 5. The monoisotopic (exact) mass is 468 g/mol. The van der Waals surface area contributed by atoms with Crippen molar-refractivity contribution >= 4 is 23.2 Å². The predicted molar refractivity (Wildman–Crippen MR) is 124 cm³/mol. The van der Waals surface area contributed by atoms with Crippen LogP contribution in [0.4, 0.5) is 26.1 Å². The number of hydrogen-bond donors (Lipinski definition) is 2. The van der Waals surface area contributed by atoms with E-state index in [1.54, 1.807) is 31.5 Å². The molecule has 34 heavy (non-hydrogen) atoms. The fourth-order valence-electron chi connectivity index (χ4n) is 3.73. The number of carbonyl (C=O) groups is 1. The molecule has 0 bridgehead atoms. The Balaban J connectivity index is 1.67. The van der Waals surface area contributed by atoms with E-state index in [4.69, 9.17) is 0 Å². The Bertz CT molecular complexity index is 1170. The summed E-state index contributed by atoms with van der Waals surface area (Å²) in [5.74, 6) is -3.21. The molecule has 9 nitrogen and oxygen atoms in total. The van der Waals surface area contributed by atoms with Crippen LogP contribution in [0.1, 0.15) is 43.8 Å². The van der Waals surface area contributed by atoms with E-state index in [1.165, 1.54) is 26.0 Å². The van der Waals surface area contributed by atoms with Gasteiger partial charge >= 0.3 is 5.92 Å². The molecule has 1 amide bonds. The Kier molecular flexibility index (Phi) is 6.73. The molecule has 178 valence electrons. The van der Waals surface area contributed by atoms with Gasteiger partial charge in [-0.3, -0.25) is 9.69 Å². The van der Waals surface area contributed by atoms with Crippen molar-refractivity contribution in [1.29, 1.82) is 0 Å². The maximum Gasteiger partial charge on any atom is 0.303 e. The SMILES string of the molecule is CC(=O)Nc1cc(Nc2cc(C)nc(C(C)(F)F)n2)c(-c2ncc(CN3CCCC3)cn2)cn1. The molecule has 1 aliphatic rings. The molecule has 1 aliphatic heterocycles. The lowest BCUT2D eigenvalue weighted by atomic mass is 10.2. The topological polar surface area (TPSA) is 109 Å². The Labute approximate surface area is 196 Å². The number of nitrogens with zero attached hydrogens (tertiary/aromatic N) is 6. The molecule has 11 heteroatoms. The van der Waals surface area contributed by atoms with Crippen LogP contribution in [0, 0.1) is 6.92 Å². The number of likely N-dealkylation sites (tertiary alicyclic amines) is 1. The molecule has 1 fully saturated rings. The highest BCUT2D eigenvalue weighted by Crippen LogP contribution is 2.31. The van der Waals surface area contributed by atoms with Gasteiger partial charge in [0.25, 0.3) is 0 Å². The van der Waals surface area contributed by atoms with E-state index in [9.17, 15) is 13.6 Å². The first-order valence-electron chi connectivity index (χ1n) is 11.0. The maximum atomic E-state index is 13.9. The fourth-order valence-corrected chi connectivity index (χ4v) is 3.73. The fraction of sp³-hybridized carbons (Fsp3) is 0.391. The molecular weight excluding hydrogens is 442 g/mol. The van der Waals surface area contributed by atoms with Gasteiger partial charge in [0.2, 0.25) is 11.7 Å². The van der Waals surface area contributed by atoms with Crippen molar-refractivity contribution < 1.29 is 13.6 Å². The number of carbonyl (C=O) groups excluding carboxylic acids is 1. The first kappa shape index (κ1) is 23.6. The van der Waals surface area contributed by atoms with Crippen molar-refractivity contribution in [2.75, 3.05) is 23.7 Å². The number of rotatable bonds is 7. The molecule has 1 saturated heterocycles. The van der Waals surface area contributed by atoms with E-state index in [0.717, 1.165) is 32.1 Å². The molecule has 4 heterocycles. The van der Waals surface area contributed by atoms with Crippen LogP contribution in [-0.2, 0) is 17.3 Å². The van der Waals surface area contributed by atoms with E-state index in [-0.39, 0.29) is 17.5 Å². The summed E-state index contributed by atoms with van der Waals surface area (Å²) in [6, 6.07) is 3.14. The molecule has 0 radical (unpaired) electrons. The van der Waals surface area contributed by atoms with Crippen LogP contribution in [0.15, 0.2) is 30.7 Å². The first-order chi connectivity index (χ1) is 16.2. The standard InChI is InChI=1S/C23H26F2N8O/c1-14-8-20(32-22(29-14)23(3,24)25)31-18-9-19(30-15(2)34)26-12-17(18)21-27-10-16(11-28-21)13-33-6-4-5-7-33/h8-12H,4-7,13H2,1-3H3,(H2,26,29,30,31,32,34). The molecule has 2 N–H and O–H groups in total. The smallest absolute Gasteiger partial charge is 0.303 e. The second kappa shape index (κ2) is 9.72. The predicted octanol–water partition coefficient (Wildman–Crippen LogP) is 4.05. The van der Waals surface area contributed by atoms with Crippen molar-refractivity contribution in [2.24, 2.45) is 0 Å². The molecule has 0 atom stereocenters. The molecule has 4 rings (SSSR count). The van der Waals surface area contributed by atoms with E-state index in [1.807, 2.05) is 0 Å². The molecule has 0 saturated carbocycles. The summed E-state index contributed by atoms with van der Waals surface area (Å²) in [6.07, 6.45) is 7.48. The molecule has 3 aromatic rings. The van der Waals surface area contributed by atoms with E-state index in [0.29, 0.717) is 22.8 Å². The summed E-state index contributed by atoms with van der Waals surface area (Å²) >= 11 is 0. The van der Waals surface area contributed by atoms with Crippen LogP contribution >= 0.6 is 0 Å². The number of alkyl halides is 2. The maximum absolute atomic E-state index is 13.9. The molecule has 3 aromatic heterocycles. The quantitative estimate of drug-likeness (QED) is 0.535. The number of aryl methyl sites for hydroxylation is 1. The van der Waals surface area contributed by atoms with Crippen molar-refractivity contribution in [3.63, 3.8) is 0 Å². The van der Waals surface area contributed by atoms with Crippen molar-refractivity contribution in [2.45, 2.75) is 46.1 Å². The normalized spacial score (nSPS) is 14.3. The Morgan fingerprint density at radius 1 is 1.06 bits per heavy atom. The number of pyridine rings is 1. The third-order valence-corrected chi connectivity index (χ3v) is 5.27. The van der Waals surface area contributed by atoms with Crippen LogP contribution in [-0.4, -0.2) is 48.8 Å². The second-order valence-corrected chi connectivity index (χ2v) is 8.43. The van der Waals surface area contributed by atoms with Crippen molar-refractivity contribution in [3.8, 4) is 11.4 Å². The van der Waals surface area contributed by atoms with Gasteiger partial charge in [0.05, 0.1) is 11.3 Å². The summed E-state index contributed by atoms with van der Waals surface area (Å²) in [7, 11) is 0. The summed E-state index contributed by atoms with van der Waals surface area (Å²) in [4.78, 5) is 34.9. The average Bonchev–Trinajstić information content (AvgIpc) is 3.26. The highest BCUT2D eigenvalue weighted by molar-refractivity contribution is 5.89. The number of amides is 1. The van der Waals surface area contributed by atoms with Gasteiger partial charge < -0.3 is 10.6 Å². The third kappa shape index (κ3) is 5.84. The van der Waals surface area contributed by atoms with Gasteiger partial charge in [0, 0.05) is 62.4 Å².